The predicted octanol–water partition coefficient (Wildman–Crippen LogP) is 2.64. The van der Waals surface area contributed by atoms with E-state index in [1.54, 1.807) is 0 Å². The molecule has 2 heterocycles. The molecule has 1 aromatic carbocycles. The van der Waals surface area contributed by atoms with Crippen molar-refractivity contribution in [3.05, 3.63) is 40.4 Å². The SMILES string of the molecule is Br.Br.O=C(CC1NCCCC1O)Cn1cnc2ccc(C(F)(F)F)cc2c1=O. The number of piperidine rings is 1. The zero-order chi connectivity index (χ0) is 18.9. The molecule has 11 heteroatoms. The van der Waals surface area contributed by atoms with Crippen molar-refractivity contribution in [3.63, 3.8) is 0 Å². The van der Waals surface area contributed by atoms with E-state index in [9.17, 15) is 27.9 Å². The molecule has 1 aromatic heterocycles. The highest BCUT2D eigenvalue weighted by molar-refractivity contribution is 8.93. The van der Waals surface area contributed by atoms with E-state index in [0.717, 1.165) is 35.5 Å². The third kappa shape index (κ3) is 5.62. The van der Waals surface area contributed by atoms with Crippen molar-refractivity contribution in [3.8, 4) is 0 Å². The van der Waals surface area contributed by atoms with E-state index in [4.69, 9.17) is 0 Å². The molecule has 156 valence electrons. The van der Waals surface area contributed by atoms with Crippen LogP contribution in [-0.4, -0.2) is 39.1 Å². The summed E-state index contributed by atoms with van der Waals surface area (Å²) in [7, 11) is 0. The number of aliphatic hydroxyl groups is 1. The standard InChI is InChI=1S/C17H18F3N3O3.2BrH/c18-17(19,20)10-3-4-13-12(6-10)16(26)23(9-22-13)8-11(24)7-14-15(25)2-1-5-21-14;;/h3-4,6,9,14-15,21,25H,1-2,5,7-8H2;2*1H. The smallest absolute Gasteiger partial charge is 0.391 e. The first kappa shape index (κ1) is 24.7. The van der Waals surface area contributed by atoms with Crippen molar-refractivity contribution in [1.82, 2.24) is 14.9 Å². The first-order valence-electron chi connectivity index (χ1n) is 8.25. The van der Waals surface area contributed by atoms with Crippen molar-refractivity contribution < 1.29 is 23.1 Å². The summed E-state index contributed by atoms with van der Waals surface area (Å²) in [6.45, 7) is 0.398. The van der Waals surface area contributed by atoms with Gasteiger partial charge in [0.1, 0.15) is 0 Å². The van der Waals surface area contributed by atoms with Gasteiger partial charge in [-0.1, -0.05) is 0 Å². The Bertz CT molecular complexity index is 889. The molecule has 0 amide bonds. The highest BCUT2D eigenvalue weighted by Gasteiger charge is 2.31. The topological polar surface area (TPSA) is 84.2 Å². The second-order valence-corrected chi connectivity index (χ2v) is 6.42. The predicted molar refractivity (Wildman–Crippen MR) is 108 cm³/mol. The summed E-state index contributed by atoms with van der Waals surface area (Å²) in [6.07, 6.45) is -2.59. The Morgan fingerprint density at radius 2 is 2.04 bits per heavy atom. The number of alkyl halides is 3. The first-order valence-corrected chi connectivity index (χ1v) is 8.25. The number of ketones is 1. The Labute approximate surface area is 179 Å². The number of aliphatic hydroxyl groups excluding tert-OH is 1. The van der Waals surface area contributed by atoms with Crippen molar-refractivity contribution in [1.29, 1.82) is 0 Å². The average Bonchev–Trinajstić information content (AvgIpc) is 2.58. The van der Waals surface area contributed by atoms with Crippen LogP contribution in [0.4, 0.5) is 13.2 Å². The number of carbonyl (C=O) groups is 1. The van der Waals surface area contributed by atoms with E-state index in [2.05, 4.69) is 10.3 Å². The highest BCUT2D eigenvalue weighted by atomic mass is 79.9. The van der Waals surface area contributed by atoms with Crippen molar-refractivity contribution in [2.75, 3.05) is 6.54 Å². The fourth-order valence-corrected chi connectivity index (χ4v) is 3.09. The summed E-state index contributed by atoms with van der Waals surface area (Å²) < 4.78 is 39.5. The van der Waals surface area contributed by atoms with Gasteiger partial charge in [0, 0.05) is 12.5 Å². The van der Waals surface area contributed by atoms with Gasteiger partial charge in [-0.25, -0.2) is 4.98 Å². The zero-order valence-electron chi connectivity index (χ0n) is 14.6. The van der Waals surface area contributed by atoms with Crippen LogP contribution in [0, 0.1) is 0 Å². The van der Waals surface area contributed by atoms with Gasteiger partial charge < -0.3 is 10.4 Å². The lowest BCUT2D eigenvalue weighted by Gasteiger charge is -2.28. The maximum Gasteiger partial charge on any atom is 0.416 e. The maximum absolute atomic E-state index is 12.8. The van der Waals surface area contributed by atoms with Crippen LogP contribution in [0.2, 0.25) is 0 Å². The Balaban J connectivity index is 0.00000196. The molecule has 28 heavy (non-hydrogen) atoms. The van der Waals surface area contributed by atoms with E-state index in [-0.39, 0.29) is 69.7 Å². The van der Waals surface area contributed by atoms with Gasteiger partial charge in [0.05, 0.1) is 35.4 Å². The molecular formula is C17H20Br2F3N3O3. The van der Waals surface area contributed by atoms with Crippen LogP contribution in [0.3, 0.4) is 0 Å². The van der Waals surface area contributed by atoms with E-state index in [0.29, 0.717) is 13.0 Å². The van der Waals surface area contributed by atoms with Gasteiger partial charge in [-0.3, -0.25) is 14.2 Å². The van der Waals surface area contributed by atoms with Gasteiger partial charge in [-0.05, 0) is 37.6 Å². The molecule has 3 rings (SSSR count). The van der Waals surface area contributed by atoms with Crippen LogP contribution < -0.4 is 10.9 Å². The average molecular weight is 531 g/mol. The number of halogens is 5. The Kier molecular flexibility index (Phi) is 8.79. The molecule has 2 atom stereocenters. The number of nitrogens with one attached hydrogen (secondary N) is 1. The van der Waals surface area contributed by atoms with E-state index < -0.39 is 23.4 Å². The minimum atomic E-state index is -4.57. The number of hydrogen-bond acceptors (Lipinski definition) is 5. The minimum absolute atomic E-state index is 0. The lowest BCUT2D eigenvalue weighted by atomic mass is 9.97. The number of fused-ring (bicyclic) bond motifs is 1. The molecule has 0 bridgehead atoms. The highest BCUT2D eigenvalue weighted by Crippen LogP contribution is 2.30. The third-order valence-corrected chi connectivity index (χ3v) is 4.49. The Morgan fingerprint density at radius 1 is 1.32 bits per heavy atom. The van der Waals surface area contributed by atoms with Gasteiger partial charge in [-0.2, -0.15) is 13.2 Å². The lowest BCUT2D eigenvalue weighted by Crippen LogP contribution is -2.46. The molecule has 1 fully saturated rings. The lowest BCUT2D eigenvalue weighted by molar-refractivity contribution is -0.137. The summed E-state index contributed by atoms with van der Waals surface area (Å²) in [5, 5.41) is 12.8. The second-order valence-electron chi connectivity index (χ2n) is 6.42. The van der Waals surface area contributed by atoms with Gasteiger partial charge in [-0.15, -0.1) is 34.0 Å². The molecule has 1 aliphatic heterocycles. The van der Waals surface area contributed by atoms with Crippen molar-refractivity contribution in [2.24, 2.45) is 0 Å². The summed E-state index contributed by atoms with van der Waals surface area (Å²) in [5.74, 6) is -0.307. The molecule has 6 nitrogen and oxygen atoms in total. The number of hydrogen-bond donors (Lipinski definition) is 2. The maximum atomic E-state index is 12.8. The molecule has 2 aromatic rings. The molecule has 0 aliphatic carbocycles. The van der Waals surface area contributed by atoms with Crippen LogP contribution in [0.25, 0.3) is 10.9 Å². The molecule has 2 unspecified atom stereocenters. The number of rotatable bonds is 4. The largest absolute Gasteiger partial charge is 0.416 e. The molecule has 0 radical (unpaired) electrons. The van der Waals surface area contributed by atoms with Gasteiger partial charge in [0.25, 0.3) is 5.56 Å². The second kappa shape index (κ2) is 9.95. The number of benzene rings is 1. The van der Waals surface area contributed by atoms with Gasteiger partial charge >= 0.3 is 6.18 Å². The normalized spacial score (nSPS) is 19.6. The monoisotopic (exact) mass is 529 g/mol. The van der Waals surface area contributed by atoms with Gasteiger partial charge in [0.15, 0.2) is 5.78 Å². The van der Waals surface area contributed by atoms with Crippen LogP contribution in [0.1, 0.15) is 24.8 Å². The van der Waals surface area contributed by atoms with Gasteiger partial charge in [0.2, 0.25) is 0 Å². The van der Waals surface area contributed by atoms with Crippen LogP contribution in [-0.2, 0) is 17.5 Å². The first-order chi connectivity index (χ1) is 12.3. The summed E-state index contributed by atoms with van der Waals surface area (Å²) >= 11 is 0. The fourth-order valence-electron chi connectivity index (χ4n) is 3.09. The fraction of sp³-hybridized carbons (Fsp3) is 0.471. The molecular weight excluding hydrogens is 511 g/mol. The minimum Gasteiger partial charge on any atom is -0.391 e. The number of Topliss-reactive ketones (excluding diaryl/α,β-unsaturated/α-hetero) is 1. The summed E-state index contributed by atoms with van der Waals surface area (Å²) in [6, 6.07) is 2.36. The van der Waals surface area contributed by atoms with Crippen LogP contribution in [0.15, 0.2) is 29.3 Å². The quantitative estimate of drug-likeness (QED) is 0.635. The number of carbonyl (C=O) groups excluding carboxylic acids is 1. The molecule has 0 saturated carbocycles. The zero-order valence-corrected chi connectivity index (χ0v) is 18.0. The molecule has 2 N–H and O–H groups in total. The number of aromatic nitrogens is 2. The van der Waals surface area contributed by atoms with Crippen LogP contribution >= 0.6 is 34.0 Å². The summed E-state index contributed by atoms with van der Waals surface area (Å²) in [5.41, 5.74) is -1.51. The number of nitrogens with zero attached hydrogens (tertiary/aromatic N) is 2. The van der Waals surface area contributed by atoms with Crippen LogP contribution in [0.5, 0.6) is 0 Å². The third-order valence-electron chi connectivity index (χ3n) is 4.49. The van der Waals surface area contributed by atoms with E-state index in [1.165, 1.54) is 0 Å². The van der Waals surface area contributed by atoms with Crippen molar-refractivity contribution in [2.45, 2.75) is 44.1 Å². The van der Waals surface area contributed by atoms with E-state index in [1.807, 2.05) is 0 Å². The Hall–Kier alpha value is -1.30. The summed E-state index contributed by atoms with van der Waals surface area (Å²) in [4.78, 5) is 28.6. The molecule has 1 aliphatic rings. The van der Waals surface area contributed by atoms with E-state index >= 15 is 0 Å². The van der Waals surface area contributed by atoms with Crippen molar-refractivity contribution >= 4 is 50.6 Å². The molecule has 1 saturated heterocycles. The molecule has 0 spiro atoms. The Morgan fingerprint density at radius 3 is 2.68 bits per heavy atom.